The largest absolute Gasteiger partial charge is 0.497 e. The fraction of sp³-hybridized carbons (Fsp3) is 0.427. The molecule has 2 unspecified atom stereocenters. The molecule has 510 valence electrons. The number of pyridine rings is 2. The first-order valence-corrected chi connectivity index (χ1v) is 34.9. The number of nitrogens with one attached hydrogen (secondary N) is 1. The second-order valence-corrected chi connectivity index (χ2v) is 27.6. The summed E-state index contributed by atoms with van der Waals surface area (Å²) in [5, 5.41) is 5.54. The summed E-state index contributed by atoms with van der Waals surface area (Å²) < 4.78 is 34.2. The van der Waals surface area contributed by atoms with E-state index in [4.69, 9.17) is 28.4 Å². The molecule has 2 amide bonds. The van der Waals surface area contributed by atoms with E-state index in [0.29, 0.717) is 80.2 Å². The van der Waals surface area contributed by atoms with E-state index >= 15 is 0 Å². The number of ether oxygens (including phenoxy) is 6. The molecule has 11 atom stereocenters. The molecule has 7 aromatic rings. The van der Waals surface area contributed by atoms with Crippen LogP contribution < -0.4 is 19.5 Å². The van der Waals surface area contributed by atoms with E-state index in [9.17, 15) is 14.4 Å². The number of methoxy groups -OCH3 is 3. The summed E-state index contributed by atoms with van der Waals surface area (Å²) in [6, 6.07) is 41.8. The number of carbonyl (C=O) groups excluding carboxylic acids is 3. The van der Waals surface area contributed by atoms with Crippen molar-refractivity contribution in [3.05, 3.63) is 212 Å². The lowest BCUT2D eigenvalue weighted by Crippen LogP contribution is -2.60. The van der Waals surface area contributed by atoms with Gasteiger partial charge in [0.15, 0.2) is 5.78 Å². The molecule has 0 saturated carbocycles. The van der Waals surface area contributed by atoms with Crippen molar-refractivity contribution in [3.8, 4) is 17.2 Å². The van der Waals surface area contributed by atoms with Crippen LogP contribution in [0.3, 0.4) is 0 Å². The normalized spacial score (nSPS) is 24.4. The number of Topliss-reactive ketones (excluding diaryl/α,β-unsaturated/α-hetero) is 1. The maximum absolute atomic E-state index is 13.1. The van der Waals surface area contributed by atoms with Crippen molar-refractivity contribution in [2.45, 2.75) is 121 Å². The molecule has 1 N–H and O–H groups in total. The van der Waals surface area contributed by atoms with Gasteiger partial charge < -0.3 is 43.5 Å². The molecule has 4 bridgehead atoms. The molecular formula is C82H98N6O9. The molecule has 2 aromatic heterocycles. The number of benzene rings is 5. The van der Waals surface area contributed by atoms with Gasteiger partial charge in [-0.25, -0.2) is 9.59 Å². The molecule has 0 spiro atoms. The van der Waals surface area contributed by atoms with E-state index in [-0.39, 0.29) is 54.2 Å². The predicted octanol–water partition coefficient (Wildman–Crippen LogP) is 17.0. The minimum absolute atomic E-state index is 0.0792. The van der Waals surface area contributed by atoms with E-state index in [0.717, 1.165) is 107 Å². The molecule has 0 aliphatic carbocycles. The molecule has 9 heterocycles. The number of piperidine rings is 5. The molecule has 97 heavy (non-hydrogen) atoms. The lowest BCUT2D eigenvalue weighted by molar-refractivity contribution is -0.0798. The van der Waals surface area contributed by atoms with Gasteiger partial charge in [0.25, 0.3) is 0 Å². The molecule has 6 fully saturated rings. The summed E-state index contributed by atoms with van der Waals surface area (Å²) in [7, 11) is 5.05. The smallest absolute Gasteiger partial charge is 0.410 e. The lowest BCUT2D eigenvalue weighted by atomic mass is 9.63. The van der Waals surface area contributed by atoms with Crippen LogP contribution in [-0.4, -0.2) is 122 Å². The van der Waals surface area contributed by atoms with Gasteiger partial charge >= 0.3 is 12.2 Å². The maximum Gasteiger partial charge on any atom is 0.410 e. The van der Waals surface area contributed by atoms with Crippen LogP contribution in [0.25, 0.3) is 27.4 Å². The maximum atomic E-state index is 13.1. The van der Waals surface area contributed by atoms with Gasteiger partial charge in [-0.15, -0.1) is 19.7 Å². The second kappa shape index (κ2) is 32.5. The Kier molecular flexibility index (Phi) is 23.3. The molecule has 14 rings (SSSR count). The minimum atomic E-state index is -0.303. The van der Waals surface area contributed by atoms with Gasteiger partial charge in [0.05, 0.1) is 38.5 Å². The summed E-state index contributed by atoms with van der Waals surface area (Å²) in [5.74, 6) is 5.78. The van der Waals surface area contributed by atoms with E-state index in [1.54, 1.807) is 38.5 Å². The number of amides is 2. The highest BCUT2D eigenvalue weighted by Gasteiger charge is 2.58. The van der Waals surface area contributed by atoms with Gasteiger partial charge in [-0.1, -0.05) is 106 Å². The first-order chi connectivity index (χ1) is 47.2. The Hall–Kier alpha value is -8.79. The molecule has 15 heteroatoms. The molecule has 0 radical (unpaired) electrons. The number of hydrogen-bond acceptors (Lipinski definition) is 13. The Bertz CT molecular complexity index is 3700. The molecule has 7 aliphatic heterocycles. The zero-order valence-corrected chi connectivity index (χ0v) is 57.5. The second-order valence-electron chi connectivity index (χ2n) is 27.6. The van der Waals surface area contributed by atoms with Crippen LogP contribution in [-0.2, 0) is 32.8 Å². The quantitative estimate of drug-likeness (QED) is 0.0506. The van der Waals surface area contributed by atoms with Crippen LogP contribution in [0.15, 0.2) is 184 Å². The molecule has 6 saturated heterocycles. The zero-order chi connectivity index (χ0) is 68.0. The summed E-state index contributed by atoms with van der Waals surface area (Å²) in [6.45, 7) is 26.6. The molecule has 5 aromatic carbocycles. The van der Waals surface area contributed by atoms with Crippen molar-refractivity contribution < 1.29 is 42.8 Å². The summed E-state index contributed by atoms with van der Waals surface area (Å²) in [6.07, 6.45) is 20.3. The van der Waals surface area contributed by atoms with Crippen molar-refractivity contribution in [2.75, 3.05) is 65.9 Å². The number of allylic oxidation sites excluding steroid dienone is 1. The molecule has 15 nitrogen and oxygen atoms in total. The average Bonchev–Trinajstić information content (AvgIpc) is 1.59. The van der Waals surface area contributed by atoms with Gasteiger partial charge in [0.2, 0.25) is 0 Å². The molecular weight excluding hydrogens is 1210 g/mol. The van der Waals surface area contributed by atoms with E-state index in [1.165, 1.54) is 43.5 Å². The number of rotatable bonds is 22. The van der Waals surface area contributed by atoms with Gasteiger partial charge in [-0.2, -0.15) is 0 Å². The standard InChI is InChI=1S/C29H32N2O3.C28H30N2O4.C25H36N2O2/c1-4-23-19-31(29(32)34-20-22-8-6-5-7-9-22)17-15-24(23)11-10-21(2)26-14-16-30-28-13-12-25(33-3)18-27(26)28;1-3-21-18-30(28(32)34-19-20-7-5-4-6-8-20)16-14-22(21)9-12-27(31)24-13-15-29-26-11-10-23(33-2)17-25(24)26;1-5-17-15-27-11-9-18(17)12-22(27)24-25(10-8-16(2)3)14-23(29-24)26-21-7-6-19(28-4)13-20(21)25/h4-9,12-14,16,18,23-24H,1-2,10-11,15,17,19-20H2,3H3;3-8,10-11,13,15,17,21-22H,1,9,12,14,16,18-19H2,2H3;5-7,13,16-18,22-24,26H,1,8-12,14-15H2,2-4H3/t23-,24+;21-,22+;17-,18?,22+,23+,24+,25-/m001/s1. The summed E-state index contributed by atoms with van der Waals surface area (Å²) in [4.78, 5) is 53.4. The predicted molar refractivity (Wildman–Crippen MR) is 386 cm³/mol. The Morgan fingerprint density at radius 1 is 0.639 bits per heavy atom. The Morgan fingerprint density at radius 3 is 1.71 bits per heavy atom. The van der Waals surface area contributed by atoms with Gasteiger partial charge in [0, 0.05) is 91.4 Å². The van der Waals surface area contributed by atoms with Crippen LogP contribution >= 0.6 is 0 Å². The van der Waals surface area contributed by atoms with Crippen molar-refractivity contribution in [1.29, 1.82) is 0 Å². The first kappa shape index (κ1) is 69.6. The lowest BCUT2D eigenvalue weighted by Gasteiger charge is -2.53. The highest BCUT2D eigenvalue weighted by Crippen LogP contribution is 2.56. The first-order valence-electron chi connectivity index (χ1n) is 34.9. The Labute approximate surface area is 573 Å². The van der Waals surface area contributed by atoms with Crippen molar-refractivity contribution in [3.63, 3.8) is 0 Å². The Morgan fingerprint density at radius 2 is 1.18 bits per heavy atom. The fourth-order valence-corrected chi connectivity index (χ4v) is 15.9. The third-order valence-electron chi connectivity index (χ3n) is 21.4. The Balaban J connectivity index is 0.000000148. The van der Waals surface area contributed by atoms with Gasteiger partial charge in [-0.05, 0) is 194 Å². The minimum Gasteiger partial charge on any atom is -0.497 e. The van der Waals surface area contributed by atoms with Crippen LogP contribution in [0.2, 0.25) is 0 Å². The topological polar surface area (TPSA) is 154 Å². The van der Waals surface area contributed by atoms with Crippen molar-refractivity contribution in [2.24, 2.45) is 41.4 Å². The number of hydrogen-bond donors (Lipinski definition) is 1. The number of ketones is 1. The van der Waals surface area contributed by atoms with Gasteiger partial charge in [-0.3, -0.25) is 19.7 Å². The third kappa shape index (κ3) is 16.4. The van der Waals surface area contributed by atoms with Crippen molar-refractivity contribution >= 4 is 51.0 Å². The van der Waals surface area contributed by atoms with Crippen molar-refractivity contribution in [1.82, 2.24) is 24.7 Å². The molecule has 7 aliphatic rings. The highest BCUT2D eigenvalue weighted by atomic mass is 16.6. The zero-order valence-electron chi connectivity index (χ0n) is 57.5. The van der Waals surface area contributed by atoms with Crippen LogP contribution in [0, 0.1) is 41.4 Å². The third-order valence-corrected chi connectivity index (χ3v) is 21.4. The number of likely N-dealkylation sites (tertiary alicyclic amines) is 2. The number of fused-ring (bicyclic) bond motifs is 9. The van der Waals surface area contributed by atoms with Crippen LogP contribution in [0.5, 0.6) is 17.2 Å². The SMILES string of the molecule is C=C[C@@H]1CN2CCC1C[C@H]2[C@@H]1O[C@H]2C[C@]1(CCC(C)C)c1cc(OC)ccc1N2.C=C[C@H]1CN(C(=O)OCc2ccccc2)CC[C@H]1CCC(=C)c1ccnc2ccc(OC)cc12.C=C[C@H]1CN(C(=O)OCc2ccccc2)CC[C@H]1CCC(=O)c1ccnc2ccc(OC)cc12. The summed E-state index contributed by atoms with van der Waals surface area (Å²) in [5.41, 5.74) is 9.28. The number of nitrogens with zero attached hydrogens (tertiary/aromatic N) is 5. The fourth-order valence-electron chi connectivity index (χ4n) is 15.9. The van der Waals surface area contributed by atoms with E-state index in [2.05, 4.69) is 84.6 Å². The number of aromatic nitrogens is 2. The van der Waals surface area contributed by atoms with Crippen LogP contribution in [0.1, 0.15) is 117 Å². The highest BCUT2D eigenvalue weighted by molar-refractivity contribution is 6.07. The van der Waals surface area contributed by atoms with E-state index in [1.807, 2.05) is 126 Å². The summed E-state index contributed by atoms with van der Waals surface area (Å²) >= 11 is 0. The number of carbonyl (C=O) groups is 3. The van der Waals surface area contributed by atoms with Crippen LogP contribution in [0.4, 0.5) is 15.3 Å². The number of anilines is 1. The average molecular weight is 1310 g/mol. The van der Waals surface area contributed by atoms with Gasteiger partial charge in [0.1, 0.15) is 36.7 Å². The monoisotopic (exact) mass is 1310 g/mol. The van der Waals surface area contributed by atoms with E-state index < -0.39 is 0 Å².